The fraction of sp³-hybridized carbons (Fsp3) is 0.350. The van der Waals surface area contributed by atoms with Crippen LogP contribution in [0.5, 0.6) is 0 Å². The Hall–Kier alpha value is -2.69. The maximum atomic E-state index is 12.1. The highest BCUT2D eigenvalue weighted by atomic mass is 16.1. The number of benzene rings is 2. The lowest BCUT2D eigenvalue weighted by atomic mass is 10.0. The first kappa shape index (κ1) is 15.8. The molecule has 25 heavy (non-hydrogen) atoms. The summed E-state index contributed by atoms with van der Waals surface area (Å²) in [6.07, 6.45) is 4.18. The summed E-state index contributed by atoms with van der Waals surface area (Å²) in [5.74, 6) is 2.16. The highest BCUT2D eigenvalue weighted by Crippen LogP contribution is 2.17. The molecule has 0 spiro atoms. The SMILES string of the molecule is O=C(CCc1ccc2ccccc2c1)NCCc1nnc2n1CCC2. The van der Waals surface area contributed by atoms with Gasteiger partial charge < -0.3 is 9.88 Å². The van der Waals surface area contributed by atoms with Crippen molar-refractivity contribution in [2.75, 3.05) is 6.54 Å². The molecule has 0 atom stereocenters. The Labute approximate surface area is 147 Å². The van der Waals surface area contributed by atoms with E-state index in [0.717, 1.165) is 43.9 Å². The monoisotopic (exact) mass is 334 g/mol. The molecular formula is C20H22N4O. The average Bonchev–Trinajstić information content (AvgIpc) is 3.24. The predicted molar refractivity (Wildman–Crippen MR) is 97.3 cm³/mol. The van der Waals surface area contributed by atoms with Crippen LogP contribution in [-0.4, -0.2) is 27.2 Å². The molecule has 1 aliphatic heterocycles. The van der Waals surface area contributed by atoms with Crippen molar-refractivity contribution in [3.63, 3.8) is 0 Å². The standard InChI is InChI=1S/C20H22N4O/c25-20(21-12-11-19-23-22-18-6-3-13-24(18)19)10-8-15-7-9-16-4-1-2-5-17(16)14-15/h1-2,4-5,7,9,14H,3,6,8,10-13H2,(H,21,25). The van der Waals surface area contributed by atoms with E-state index in [1.165, 1.54) is 16.3 Å². The molecule has 0 saturated heterocycles. The quantitative estimate of drug-likeness (QED) is 0.754. The molecule has 0 saturated carbocycles. The van der Waals surface area contributed by atoms with Gasteiger partial charge in [-0.25, -0.2) is 0 Å². The Balaban J connectivity index is 1.25. The van der Waals surface area contributed by atoms with E-state index in [0.29, 0.717) is 13.0 Å². The average molecular weight is 334 g/mol. The van der Waals surface area contributed by atoms with Gasteiger partial charge in [-0.1, -0.05) is 42.5 Å². The predicted octanol–water partition coefficient (Wildman–Crippen LogP) is 2.67. The van der Waals surface area contributed by atoms with Gasteiger partial charge in [0.15, 0.2) is 0 Å². The molecule has 4 rings (SSSR count). The smallest absolute Gasteiger partial charge is 0.220 e. The Morgan fingerprint density at radius 3 is 2.88 bits per heavy atom. The highest BCUT2D eigenvalue weighted by Gasteiger charge is 2.16. The maximum absolute atomic E-state index is 12.1. The normalized spacial score (nSPS) is 13.1. The van der Waals surface area contributed by atoms with Crippen LogP contribution in [0.3, 0.4) is 0 Å². The lowest BCUT2D eigenvalue weighted by Crippen LogP contribution is -2.26. The highest BCUT2D eigenvalue weighted by molar-refractivity contribution is 5.83. The molecule has 2 heterocycles. The fourth-order valence-corrected chi connectivity index (χ4v) is 3.45. The molecule has 0 radical (unpaired) electrons. The van der Waals surface area contributed by atoms with Crippen LogP contribution in [0.4, 0.5) is 0 Å². The van der Waals surface area contributed by atoms with Crippen LogP contribution in [0.2, 0.25) is 0 Å². The van der Waals surface area contributed by atoms with E-state index in [9.17, 15) is 4.79 Å². The van der Waals surface area contributed by atoms with Crippen LogP contribution in [0.25, 0.3) is 10.8 Å². The van der Waals surface area contributed by atoms with Gasteiger partial charge in [-0.3, -0.25) is 4.79 Å². The minimum Gasteiger partial charge on any atom is -0.356 e. The molecule has 1 aromatic heterocycles. The molecule has 5 nitrogen and oxygen atoms in total. The zero-order chi connectivity index (χ0) is 17.1. The number of aryl methyl sites for hydroxylation is 2. The summed E-state index contributed by atoms with van der Waals surface area (Å²) in [4.78, 5) is 12.1. The minimum atomic E-state index is 0.0920. The molecule has 0 fully saturated rings. The fourth-order valence-electron chi connectivity index (χ4n) is 3.45. The summed E-state index contributed by atoms with van der Waals surface area (Å²) in [5.41, 5.74) is 1.20. The van der Waals surface area contributed by atoms with Crippen molar-refractivity contribution in [1.82, 2.24) is 20.1 Å². The number of carbonyl (C=O) groups excluding carboxylic acids is 1. The van der Waals surface area contributed by atoms with Crippen molar-refractivity contribution in [3.8, 4) is 0 Å². The van der Waals surface area contributed by atoms with E-state index in [1.54, 1.807) is 0 Å². The van der Waals surface area contributed by atoms with Gasteiger partial charge in [0.2, 0.25) is 5.91 Å². The third-order valence-corrected chi connectivity index (χ3v) is 4.81. The van der Waals surface area contributed by atoms with Crippen molar-refractivity contribution in [2.24, 2.45) is 0 Å². The molecule has 128 valence electrons. The minimum absolute atomic E-state index is 0.0920. The summed E-state index contributed by atoms with van der Waals surface area (Å²) in [5, 5.41) is 13.9. The van der Waals surface area contributed by atoms with Gasteiger partial charge in [0.1, 0.15) is 11.6 Å². The first-order chi connectivity index (χ1) is 12.3. The maximum Gasteiger partial charge on any atom is 0.220 e. The Morgan fingerprint density at radius 1 is 1.08 bits per heavy atom. The van der Waals surface area contributed by atoms with E-state index in [2.05, 4.69) is 50.4 Å². The number of carbonyl (C=O) groups is 1. The van der Waals surface area contributed by atoms with Gasteiger partial charge in [0.05, 0.1) is 0 Å². The van der Waals surface area contributed by atoms with Crippen molar-refractivity contribution >= 4 is 16.7 Å². The van der Waals surface area contributed by atoms with Crippen molar-refractivity contribution in [1.29, 1.82) is 0 Å². The Bertz CT molecular complexity index is 900. The lowest BCUT2D eigenvalue weighted by molar-refractivity contribution is -0.121. The second kappa shape index (κ2) is 7.05. The molecule has 5 heteroatoms. The summed E-state index contributed by atoms with van der Waals surface area (Å²) in [7, 11) is 0. The zero-order valence-corrected chi connectivity index (χ0v) is 14.2. The van der Waals surface area contributed by atoms with E-state index >= 15 is 0 Å². The lowest BCUT2D eigenvalue weighted by Gasteiger charge is -2.07. The molecule has 1 aliphatic rings. The van der Waals surface area contributed by atoms with Crippen LogP contribution < -0.4 is 5.32 Å². The Morgan fingerprint density at radius 2 is 1.96 bits per heavy atom. The van der Waals surface area contributed by atoms with Gasteiger partial charge in [-0.15, -0.1) is 10.2 Å². The molecule has 0 bridgehead atoms. The van der Waals surface area contributed by atoms with Gasteiger partial charge >= 0.3 is 0 Å². The molecule has 0 unspecified atom stereocenters. The number of nitrogens with zero attached hydrogens (tertiary/aromatic N) is 3. The zero-order valence-electron chi connectivity index (χ0n) is 14.2. The van der Waals surface area contributed by atoms with Crippen molar-refractivity contribution < 1.29 is 4.79 Å². The number of aromatic nitrogens is 3. The second-order valence-electron chi connectivity index (χ2n) is 6.57. The summed E-state index contributed by atoms with van der Waals surface area (Å²) in [6.45, 7) is 1.63. The largest absolute Gasteiger partial charge is 0.356 e. The number of rotatable bonds is 6. The second-order valence-corrected chi connectivity index (χ2v) is 6.57. The van der Waals surface area contributed by atoms with E-state index in [1.807, 2.05) is 12.1 Å². The number of hydrogen-bond acceptors (Lipinski definition) is 3. The Kier molecular flexibility index (Phi) is 4.46. The van der Waals surface area contributed by atoms with Crippen LogP contribution in [0.1, 0.15) is 30.1 Å². The molecule has 2 aromatic carbocycles. The first-order valence-electron chi connectivity index (χ1n) is 8.95. The molecule has 3 aromatic rings. The number of amides is 1. The number of hydrogen-bond donors (Lipinski definition) is 1. The number of fused-ring (bicyclic) bond motifs is 2. The number of nitrogens with one attached hydrogen (secondary N) is 1. The molecule has 0 aliphatic carbocycles. The van der Waals surface area contributed by atoms with E-state index < -0.39 is 0 Å². The van der Waals surface area contributed by atoms with Gasteiger partial charge in [-0.05, 0) is 29.2 Å². The van der Waals surface area contributed by atoms with Crippen LogP contribution in [0.15, 0.2) is 42.5 Å². The van der Waals surface area contributed by atoms with Crippen LogP contribution >= 0.6 is 0 Å². The van der Waals surface area contributed by atoms with Gasteiger partial charge in [0, 0.05) is 32.4 Å². The van der Waals surface area contributed by atoms with Gasteiger partial charge in [0.25, 0.3) is 0 Å². The topological polar surface area (TPSA) is 59.8 Å². The van der Waals surface area contributed by atoms with Crippen molar-refractivity contribution in [2.45, 2.75) is 38.6 Å². The van der Waals surface area contributed by atoms with E-state index in [4.69, 9.17) is 0 Å². The molecular weight excluding hydrogens is 312 g/mol. The molecule has 1 N–H and O–H groups in total. The van der Waals surface area contributed by atoms with E-state index in [-0.39, 0.29) is 5.91 Å². The summed E-state index contributed by atoms with van der Waals surface area (Å²) >= 11 is 0. The summed E-state index contributed by atoms with van der Waals surface area (Å²) in [6, 6.07) is 14.7. The third-order valence-electron chi connectivity index (χ3n) is 4.81. The van der Waals surface area contributed by atoms with Crippen LogP contribution in [-0.2, 0) is 30.6 Å². The molecule has 1 amide bonds. The van der Waals surface area contributed by atoms with Crippen LogP contribution in [0, 0.1) is 0 Å². The van der Waals surface area contributed by atoms with Gasteiger partial charge in [-0.2, -0.15) is 0 Å². The first-order valence-corrected chi connectivity index (χ1v) is 8.95. The third kappa shape index (κ3) is 3.55. The summed E-state index contributed by atoms with van der Waals surface area (Å²) < 4.78 is 2.18. The van der Waals surface area contributed by atoms with Crippen molar-refractivity contribution in [3.05, 3.63) is 59.7 Å².